The first kappa shape index (κ1) is 21.1. The zero-order valence-corrected chi connectivity index (χ0v) is 19.1. The standard InChI is InChI=1S/C24H23N5O3S/c1-15(16-7-4-3-5-8-16)28-13-18(12-21(28)30)22(31)25-23-26-24-29(27-23)20(14-33-24)17-9-6-10-19(11-17)32-2/h3-11,14-15,18H,12-13H2,1-2H3,(H,25,27,31). The van der Waals surface area contributed by atoms with Crippen LogP contribution >= 0.6 is 11.3 Å². The summed E-state index contributed by atoms with van der Waals surface area (Å²) >= 11 is 1.44. The lowest BCUT2D eigenvalue weighted by molar-refractivity contribution is -0.129. The van der Waals surface area contributed by atoms with Gasteiger partial charge in [0.1, 0.15) is 5.75 Å². The van der Waals surface area contributed by atoms with E-state index in [1.165, 1.54) is 11.3 Å². The molecule has 9 heteroatoms. The summed E-state index contributed by atoms with van der Waals surface area (Å²) in [6.45, 7) is 2.36. The first-order chi connectivity index (χ1) is 16.0. The van der Waals surface area contributed by atoms with Crippen molar-refractivity contribution in [3.05, 3.63) is 65.5 Å². The highest BCUT2D eigenvalue weighted by Crippen LogP contribution is 2.30. The molecule has 1 saturated heterocycles. The molecule has 168 valence electrons. The molecule has 1 aliphatic rings. The molecule has 2 amide bonds. The van der Waals surface area contributed by atoms with Crippen LogP contribution in [0.3, 0.4) is 0 Å². The second-order valence-electron chi connectivity index (χ2n) is 8.01. The van der Waals surface area contributed by atoms with E-state index in [4.69, 9.17) is 4.74 Å². The summed E-state index contributed by atoms with van der Waals surface area (Å²) in [4.78, 5) is 32.4. The zero-order chi connectivity index (χ0) is 22.9. The summed E-state index contributed by atoms with van der Waals surface area (Å²) in [7, 11) is 1.63. The quantitative estimate of drug-likeness (QED) is 0.469. The van der Waals surface area contributed by atoms with Gasteiger partial charge >= 0.3 is 0 Å². The number of ether oxygens (including phenoxy) is 1. The van der Waals surface area contributed by atoms with Crippen molar-refractivity contribution in [2.24, 2.45) is 5.92 Å². The summed E-state index contributed by atoms with van der Waals surface area (Å²) in [5.41, 5.74) is 2.85. The Balaban J connectivity index is 1.30. The van der Waals surface area contributed by atoms with Crippen LogP contribution in [0.1, 0.15) is 24.9 Å². The summed E-state index contributed by atoms with van der Waals surface area (Å²) in [5.74, 6) is 0.277. The number of benzene rings is 2. The van der Waals surface area contributed by atoms with E-state index in [-0.39, 0.29) is 30.2 Å². The maximum absolute atomic E-state index is 12.9. The summed E-state index contributed by atoms with van der Waals surface area (Å²) in [6.07, 6.45) is 0.181. The summed E-state index contributed by atoms with van der Waals surface area (Å²) in [6, 6.07) is 17.4. The van der Waals surface area contributed by atoms with Crippen LogP contribution in [0.5, 0.6) is 5.75 Å². The fourth-order valence-electron chi connectivity index (χ4n) is 4.12. The molecule has 0 radical (unpaired) electrons. The molecule has 33 heavy (non-hydrogen) atoms. The molecule has 5 rings (SSSR count). The first-order valence-electron chi connectivity index (χ1n) is 10.7. The monoisotopic (exact) mass is 461 g/mol. The number of hydrogen-bond acceptors (Lipinski definition) is 6. The van der Waals surface area contributed by atoms with Crippen LogP contribution in [0.2, 0.25) is 0 Å². The number of thiazole rings is 1. The third-order valence-corrected chi connectivity index (χ3v) is 6.78. The molecule has 2 aromatic heterocycles. The van der Waals surface area contributed by atoms with E-state index in [1.54, 1.807) is 16.5 Å². The highest BCUT2D eigenvalue weighted by molar-refractivity contribution is 7.15. The SMILES string of the molecule is COc1cccc(-c2csc3nc(NC(=O)C4CC(=O)N(C(C)c5ccccc5)C4)nn23)c1. The van der Waals surface area contributed by atoms with E-state index >= 15 is 0 Å². The second kappa shape index (κ2) is 8.67. The minimum atomic E-state index is -0.442. The molecule has 0 spiro atoms. The summed E-state index contributed by atoms with van der Waals surface area (Å²) in [5, 5.41) is 9.25. The van der Waals surface area contributed by atoms with E-state index in [2.05, 4.69) is 15.4 Å². The van der Waals surface area contributed by atoms with Crippen molar-refractivity contribution in [3.8, 4) is 17.0 Å². The lowest BCUT2D eigenvalue weighted by atomic mass is 10.1. The molecule has 0 saturated carbocycles. The number of hydrogen-bond donors (Lipinski definition) is 1. The Morgan fingerprint density at radius 2 is 2.03 bits per heavy atom. The number of aromatic nitrogens is 3. The lowest BCUT2D eigenvalue weighted by Gasteiger charge is -2.25. The van der Waals surface area contributed by atoms with Gasteiger partial charge in [-0.25, -0.2) is 4.52 Å². The largest absolute Gasteiger partial charge is 0.497 e. The predicted octanol–water partition coefficient (Wildman–Crippen LogP) is 4.01. The van der Waals surface area contributed by atoms with Gasteiger partial charge in [0.15, 0.2) is 0 Å². The Kier molecular flexibility index (Phi) is 5.55. The fraction of sp³-hybridized carbons (Fsp3) is 0.250. The van der Waals surface area contributed by atoms with Crippen molar-refractivity contribution < 1.29 is 14.3 Å². The number of fused-ring (bicyclic) bond motifs is 1. The van der Waals surface area contributed by atoms with Gasteiger partial charge in [-0.15, -0.1) is 16.4 Å². The molecule has 1 N–H and O–H groups in total. The maximum atomic E-state index is 12.9. The van der Waals surface area contributed by atoms with Gasteiger partial charge in [-0.1, -0.05) is 42.5 Å². The molecule has 1 fully saturated rings. The lowest BCUT2D eigenvalue weighted by Crippen LogP contribution is -2.30. The molecule has 3 heterocycles. The van der Waals surface area contributed by atoms with Gasteiger partial charge in [-0.3, -0.25) is 14.9 Å². The van der Waals surface area contributed by atoms with Crippen LogP contribution < -0.4 is 10.1 Å². The van der Waals surface area contributed by atoms with Crippen LogP contribution in [0.25, 0.3) is 16.2 Å². The number of methoxy groups -OCH3 is 1. The molecule has 0 bridgehead atoms. The number of carbonyl (C=O) groups excluding carboxylic acids is 2. The fourth-order valence-corrected chi connectivity index (χ4v) is 4.95. The number of anilines is 1. The predicted molar refractivity (Wildman–Crippen MR) is 126 cm³/mol. The van der Waals surface area contributed by atoms with Gasteiger partial charge in [-0.05, 0) is 24.6 Å². The number of likely N-dealkylation sites (tertiary alicyclic amines) is 1. The van der Waals surface area contributed by atoms with Gasteiger partial charge in [0.25, 0.3) is 0 Å². The minimum absolute atomic E-state index is 0.0226. The molecular weight excluding hydrogens is 438 g/mol. The number of nitrogens with one attached hydrogen (secondary N) is 1. The highest BCUT2D eigenvalue weighted by Gasteiger charge is 2.37. The van der Waals surface area contributed by atoms with Gasteiger partial charge in [-0.2, -0.15) is 4.98 Å². The van der Waals surface area contributed by atoms with Crippen molar-refractivity contribution in [2.75, 3.05) is 19.0 Å². The van der Waals surface area contributed by atoms with Gasteiger partial charge in [0.2, 0.25) is 22.7 Å². The second-order valence-corrected chi connectivity index (χ2v) is 8.84. The summed E-state index contributed by atoms with van der Waals surface area (Å²) < 4.78 is 7.02. The number of amides is 2. The number of carbonyl (C=O) groups is 2. The maximum Gasteiger partial charge on any atom is 0.250 e. The van der Waals surface area contributed by atoms with Crippen LogP contribution in [-0.2, 0) is 9.59 Å². The minimum Gasteiger partial charge on any atom is -0.497 e. The van der Waals surface area contributed by atoms with Crippen molar-refractivity contribution >= 4 is 34.1 Å². The Hall–Kier alpha value is -3.72. The third kappa shape index (κ3) is 4.07. The average molecular weight is 462 g/mol. The Bertz CT molecular complexity index is 1320. The Morgan fingerprint density at radius 3 is 2.82 bits per heavy atom. The van der Waals surface area contributed by atoms with Crippen LogP contribution in [-0.4, -0.2) is 45.0 Å². The van der Waals surface area contributed by atoms with Crippen molar-refractivity contribution in [1.82, 2.24) is 19.5 Å². The van der Waals surface area contributed by atoms with Gasteiger partial charge < -0.3 is 9.64 Å². The number of rotatable bonds is 6. The molecule has 1 aliphatic heterocycles. The molecule has 4 aromatic rings. The molecular formula is C24H23N5O3S. The number of nitrogens with zero attached hydrogens (tertiary/aromatic N) is 4. The normalized spacial score (nSPS) is 16.8. The van der Waals surface area contributed by atoms with Gasteiger partial charge in [0.05, 0.1) is 24.8 Å². The van der Waals surface area contributed by atoms with E-state index in [9.17, 15) is 9.59 Å². The molecule has 0 aliphatic carbocycles. The average Bonchev–Trinajstić information content (AvgIpc) is 3.53. The van der Waals surface area contributed by atoms with E-state index < -0.39 is 5.92 Å². The highest BCUT2D eigenvalue weighted by atomic mass is 32.1. The molecule has 2 atom stereocenters. The van der Waals surface area contributed by atoms with Gasteiger partial charge in [0, 0.05) is 23.9 Å². The molecule has 8 nitrogen and oxygen atoms in total. The Labute approximate surface area is 194 Å². The smallest absolute Gasteiger partial charge is 0.250 e. The molecule has 2 aromatic carbocycles. The van der Waals surface area contributed by atoms with Crippen LogP contribution in [0.4, 0.5) is 5.95 Å². The van der Waals surface area contributed by atoms with E-state index in [0.717, 1.165) is 22.6 Å². The third-order valence-electron chi connectivity index (χ3n) is 5.96. The topological polar surface area (TPSA) is 88.8 Å². The van der Waals surface area contributed by atoms with Crippen LogP contribution in [0, 0.1) is 5.92 Å². The van der Waals surface area contributed by atoms with E-state index in [1.807, 2.05) is 66.9 Å². The van der Waals surface area contributed by atoms with E-state index in [0.29, 0.717) is 11.5 Å². The Morgan fingerprint density at radius 1 is 1.21 bits per heavy atom. The van der Waals surface area contributed by atoms with Crippen molar-refractivity contribution in [1.29, 1.82) is 0 Å². The zero-order valence-electron chi connectivity index (χ0n) is 18.3. The first-order valence-corrected chi connectivity index (χ1v) is 11.6. The van der Waals surface area contributed by atoms with Crippen molar-refractivity contribution in [3.63, 3.8) is 0 Å². The van der Waals surface area contributed by atoms with Crippen LogP contribution in [0.15, 0.2) is 60.0 Å². The molecule has 2 unspecified atom stereocenters. The van der Waals surface area contributed by atoms with Crippen molar-refractivity contribution in [2.45, 2.75) is 19.4 Å².